The van der Waals surface area contributed by atoms with Gasteiger partial charge in [-0.3, -0.25) is 14.4 Å². The second-order valence-corrected chi connectivity index (χ2v) is 5.52. The summed E-state index contributed by atoms with van der Waals surface area (Å²) < 4.78 is 19.7. The summed E-state index contributed by atoms with van der Waals surface area (Å²) in [5, 5.41) is 6.50. The highest BCUT2D eigenvalue weighted by molar-refractivity contribution is 5.92. The van der Waals surface area contributed by atoms with Gasteiger partial charge in [0, 0.05) is 17.8 Å². The molecule has 7 nitrogen and oxygen atoms in total. The number of hydrogen-bond donors (Lipinski definition) is 1. The van der Waals surface area contributed by atoms with Crippen molar-refractivity contribution in [3.63, 3.8) is 0 Å². The van der Waals surface area contributed by atoms with Crippen molar-refractivity contribution in [2.45, 2.75) is 26.3 Å². The lowest BCUT2D eigenvalue weighted by Crippen LogP contribution is -2.38. The zero-order valence-corrected chi connectivity index (χ0v) is 14.1. The molecule has 1 N–H and O–H groups in total. The number of halogens is 1. The molecule has 1 amide bonds. The second-order valence-electron chi connectivity index (χ2n) is 5.52. The lowest BCUT2D eigenvalue weighted by Gasteiger charge is -2.14. The average Bonchev–Trinajstić information content (AvgIpc) is 2.55. The van der Waals surface area contributed by atoms with Gasteiger partial charge in [-0.05, 0) is 26.0 Å². The van der Waals surface area contributed by atoms with Gasteiger partial charge in [0.05, 0.1) is 13.5 Å². The van der Waals surface area contributed by atoms with Crippen LogP contribution < -0.4 is 10.7 Å². The molecule has 0 saturated heterocycles. The molecule has 25 heavy (non-hydrogen) atoms. The number of hydrogen-bond acceptors (Lipinski definition) is 5. The minimum atomic E-state index is -0.744. The van der Waals surface area contributed by atoms with Crippen LogP contribution >= 0.6 is 0 Å². The Bertz CT molecular complexity index is 863. The predicted molar refractivity (Wildman–Crippen MR) is 88.1 cm³/mol. The number of nitrogens with one attached hydrogen (secondary N) is 1. The van der Waals surface area contributed by atoms with Crippen LogP contribution in [0.1, 0.15) is 29.5 Å². The summed E-state index contributed by atoms with van der Waals surface area (Å²) in [5.41, 5.74) is -0.468. The van der Waals surface area contributed by atoms with Gasteiger partial charge in [0.15, 0.2) is 5.69 Å². The Labute approximate surface area is 143 Å². The van der Waals surface area contributed by atoms with Gasteiger partial charge in [-0.25, -0.2) is 9.07 Å². The molecular formula is C17H18FN3O4. The first kappa shape index (κ1) is 18.3. The van der Waals surface area contributed by atoms with Crippen molar-refractivity contribution >= 4 is 11.9 Å². The van der Waals surface area contributed by atoms with Crippen LogP contribution in [0, 0.1) is 12.7 Å². The number of esters is 1. The van der Waals surface area contributed by atoms with Crippen molar-refractivity contribution in [1.29, 1.82) is 0 Å². The molecule has 0 fully saturated rings. The van der Waals surface area contributed by atoms with Gasteiger partial charge in [0.1, 0.15) is 11.5 Å². The largest absolute Gasteiger partial charge is 0.469 e. The maximum absolute atomic E-state index is 14.0. The van der Waals surface area contributed by atoms with Crippen LogP contribution in [0.5, 0.6) is 0 Å². The van der Waals surface area contributed by atoms with Crippen molar-refractivity contribution in [1.82, 2.24) is 15.1 Å². The smallest absolute Gasteiger partial charge is 0.307 e. The summed E-state index contributed by atoms with van der Waals surface area (Å²) in [6, 6.07) is 6.55. The summed E-state index contributed by atoms with van der Waals surface area (Å²) in [7, 11) is 1.24. The SMILES string of the molecule is COC(=O)CC(C)NC(=O)c1nn(-c2ccccc2F)c(C)cc1=O. The Balaban J connectivity index is 2.34. The molecule has 0 aliphatic heterocycles. The quantitative estimate of drug-likeness (QED) is 0.825. The minimum absolute atomic E-state index is 0.0460. The van der Waals surface area contributed by atoms with Crippen LogP contribution in [-0.4, -0.2) is 34.8 Å². The molecule has 8 heteroatoms. The van der Waals surface area contributed by atoms with Gasteiger partial charge in [-0.15, -0.1) is 0 Å². The van der Waals surface area contributed by atoms with Gasteiger partial charge < -0.3 is 10.1 Å². The number of amides is 1. The first-order valence-electron chi connectivity index (χ1n) is 7.57. The van der Waals surface area contributed by atoms with Crippen LogP contribution in [0.4, 0.5) is 4.39 Å². The lowest BCUT2D eigenvalue weighted by atomic mass is 10.2. The number of carbonyl (C=O) groups is 2. The van der Waals surface area contributed by atoms with E-state index in [0.29, 0.717) is 5.69 Å². The molecular weight excluding hydrogens is 329 g/mol. The molecule has 1 aromatic heterocycles. The van der Waals surface area contributed by atoms with E-state index in [1.807, 2.05) is 0 Å². The fraction of sp³-hybridized carbons (Fsp3) is 0.294. The van der Waals surface area contributed by atoms with Crippen LogP contribution in [0.15, 0.2) is 35.1 Å². The number of benzene rings is 1. The monoisotopic (exact) mass is 347 g/mol. The number of nitrogens with zero attached hydrogens (tertiary/aromatic N) is 2. The van der Waals surface area contributed by atoms with E-state index in [1.165, 1.54) is 36.1 Å². The molecule has 0 aliphatic carbocycles. The number of aryl methyl sites for hydroxylation is 1. The fourth-order valence-electron chi connectivity index (χ4n) is 2.25. The molecule has 0 spiro atoms. The first-order valence-corrected chi connectivity index (χ1v) is 7.57. The van der Waals surface area contributed by atoms with Crippen LogP contribution in [0.25, 0.3) is 5.69 Å². The molecule has 0 saturated carbocycles. The molecule has 0 bridgehead atoms. The Morgan fingerprint density at radius 3 is 2.68 bits per heavy atom. The van der Waals surface area contributed by atoms with Crippen molar-refractivity contribution < 1.29 is 18.7 Å². The van der Waals surface area contributed by atoms with Gasteiger partial charge >= 0.3 is 5.97 Å². The van der Waals surface area contributed by atoms with E-state index in [9.17, 15) is 18.8 Å². The Morgan fingerprint density at radius 1 is 1.36 bits per heavy atom. The van der Waals surface area contributed by atoms with Crippen LogP contribution in [0.3, 0.4) is 0 Å². The van der Waals surface area contributed by atoms with Crippen molar-refractivity contribution in [2.75, 3.05) is 7.11 Å². The van der Waals surface area contributed by atoms with Crippen molar-refractivity contribution in [3.05, 3.63) is 57.8 Å². The molecule has 1 atom stereocenters. The van der Waals surface area contributed by atoms with Gasteiger partial charge in [0.2, 0.25) is 5.43 Å². The summed E-state index contributed by atoms with van der Waals surface area (Å²) in [4.78, 5) is 35.6. The number of aromatic nitrogens is 2. The van der Waals surface area contributed by atoms with E-state index in [0.717, 1.165) is 0 Å². The highest BCUT2D eigenvalue weighted by Crippen LogP contribution is 2.13. The summed E-state index contributed by atoms with van der Waals surface area (Å²) >= 11 is 0. The van der Waals surface area contributed by atoms with Crippen LogP contribution in [-0.2, 0) is 9.53 Å². The molecule has 0 radical (unpaired) electrons. The molecule has 1 heterocycles. The van der Waals surface area contributed by atoms with E-state index in [4.69, 9.17) is 0 Å². The Hall–Kier alpha value is -3.03. The third kappa shape index (κ3) is 4.28. The fourth-order valence-corrected chi connectivity index (χ4v) is 2.25. The number of rotatable bonds is 5. The normalized spacial score (nSPS) is 11.7. The number of methoxy groups -OCH3 is 1. The number of carbonyl (C=O) groups excluding carboxylic acids is 2. The topological polar surface area (TPSA) is 90.3 Å². The van der Waals surface area contributed by atoms with E-state index in [2.05, 4.69) is 15.2 Å². The number of ether oxygens (including phenoxy) is 1. The van der Waals surface area contributed by atoms with Crippen molar-refractivity contribution in [3.8, 4) is 5.69 Å². The molecule has 1 unspecified atom stereocenters. The Kier molecular flexibility index (Phi) is 5.63. The Morgan fingerprint density at radius 2 is 2.04 bits per heavy atom. The third-order valence-corrected chi connectivity index (χ3v) is 3.48. The highest BCUT2D eigenvalue weighted by Gasteiger charge is 2.19. The van der Waals surface area contributed by atoms with E-state index < -0.39 is 29.2 Å². The van der Waals surface area contributed by atoms with Crippen LogP contribution in [0.2, 0.25) is 0 Å². The molecule has 1 aromatic carbocycles. The van der Waals surface area contributed by atoms with E-state index in [-0.39, 0.29) is 17.8 Å². The zero-order chi connectivity index (χ0) is 18.6. The summed E-state index contributed by atoms with van der Waals surface area (Å²) in [6.45, 7) is 3.18. The summed E-state index contributed by atoms with van der Waals surface area (Å²) in [5.74, 6) is -1.77. The average molecular weight is 347 g/mol. The van der Waals surface area contributed by atoms with E-state index >= 15 is 0 Å². The van der Waals surface area contributed by atoms with Gasteiger partial charge in [0.25, 0.3) is 5.91 Å². The molecule has 0 aliphatic rings. The highest BCUT2D eigenvalue weighted by atomic mass is 19.1. The third-order valence-electron chi connectivity index (χ3n) is 3.48. The van der Waals surface area contributed by atoms with Crippen molar-refractivity contribution in [2.24, 2.45) is 0 Å². The maximum atomic E-state index is 14.0. The first-order chi connectivity index (χ1) is 11.8. The standard InChI is InChI=1S/C17H18FN3O4/c1-10(8-15(23)25-3)19-17(24)16-14(22)9-11(2)21(20-16)13-7-5-4-6-12(13)18/h4-7,9-10H,8H2,1-3H3,(H,19,24). The lowest BCUT2D eigenvalue weighted by molar-refractivity contribution is -0.141. The van der Waals surface area contributed by atoms with Gasteiger partial charge in [-0.1, -0.05) is 12.1 Å². The van der Waals surface area contributed by atoms with Gasteiger partial charge in [-0.2, -0.15) is 5.10 Å². The predicted octanol–water partition coefficient (Wildman–Crippen LogP) is 1.36. The maximum Gasteiger partial charge on any atom is 0.307 e. The summed E-state index contributed by atoms with van der Waals surface area (Å²) in [6.07, 6.45) is -0.0460. The number of para-hydroxylation sites is 1. The molecule has 2 rings (SSSR count). The molecule has 132 valence electrons. The molecule has 2 aromatic rings. The van der Waals surface area contributed by atoms with E-state index in [1.54, 1.807) is 19.9 Å². The zero-order valence-electron chi connectivity index (χ0n) is 14.1. The second kappa shape index (κ2) is 7.69. The minimum Gasteiger partial charge on any atom is -0.469 e.